The number of anilines is 1. The third-order valence-electron chi connectivity index (χ3n) is 2.42. The molecule has 0 spiro atoms. The first kappa shape index (κ1) is 14.3. The Hall–Kier alpha value is -1.81. The summed E-state index contributed by atoms with van der Waals surface area (Å²) in [6.07, 6.45) is 6.02. The number of nitrogens with two attached hydrogens (primary N) is 1. The molecule has 0 radical (unpaired) electrons. The smallest absolute Gasteiger partial charge is 0.221 e. The van der Waals surface area contributed by atoms with Crippen molar-refractivity contribution in [2.24, 2.45) is 5.73 Å². The molecule has 0 aliphatic carbocycles. The van der Waals surface area contributed by atoms with E-state index in [1.165, 1.54) is 6.92 Å². The Morgan fingerprint density at radius 2 is 2.28 bits per heavy atom. The van der Waals surface area contributed by atoms with Gasteiger partial charge in [0.05, 0.1) is 12.8 Å². The van der Waals surface area contributed by atoms with Gasteiger partial charge in [0.15, 0.2) is 0 Å². The summed E-state index contributed by atoms with van der Waals surface area (Å²) in [4.78, 5) is 11.1. The molecule has 4 heteroatoms. The predicted octanol–water partition coefficient (Wildman–Crippen LogP) is 2.41. The number of rotatable bonds is 6. The van der Waals surface area contributed by atoms with Crippen molar-refractivity contribution in [2.75, 3.05) is 19.0 Å². The van der Waals surface area contributed by atoms with E-state index in [2.05, 4.69) is 11.4 Å². The molecule has 0 aromatic heterocycles. The molecule has 1 aromatic carbocycles. The number of unbranched alkanes of at least 4 members (excludes halogenated alkanes) is 1. The van der Waals surface area contributed by atoms with Gasteiger partial charge in [-0.1, -0.05) is 18.2 Å². The van der Waals surface area contributed by atoms with Crippen molar-refractivity contribution < 1.29 is 9.53 Å². The largest absolute Gasteiger partial charge is 0.495 e. The van der Waals surface area contributed by atoms with Crippen molar-refractivity contribution in [3.8, 4) is 5.75 Å². The van der Waals surface area contributed by atoms with Crippen LogP contribution in [0, 0.1) is 0 Å². The first-order valence-corrected chi connectivity index (χ1v) is 5.99. The number of hydrogen-bond acceptors (Lipinski definition) is 3. The quantitative estimate of drug-likeness (QED) is 0.760. The Morgan fingerprint density at radius 1 is 1.50 bits per heavy atom. The summed E-state index contributed by atoms with van der Waals surface area (Å²) in [7, 11) is 1.58. The van der Waals surface area contributed by atoms with Crippen LogP contribution in [-0.2, 0) is 4.79 Å². The molecule has 0 atom stereocenters. The Morgan fingerprint density at radius 3 is 2.89 bits per heavy atom. The monoisotopic (exact) mass is 248 g/mol. The topological polar surface area (TPSA) is 64.3 Å². The Kier molecular flexibility index (Phi) is 5.94. The molecule has 0 saturated carbocycles. The molecule has 0 aliphatic heterocycles. The summed E-state index contributed by atoms with van der Waals surface area (Å²) in [5, 5.41) is 2.75. The number of amides is 1. The average Bonchev–Trinajstić information content (AvgIpc) is 2.34. The van der Waals surface area contributed by atoms with Gasteiger partial charge in [0.25, 0.3) is 0 Å². The molecule has 0 saturated heterocycles. The van der Waals surface area contributed by atoms with Crippen LogP contribution in [0.25, 0.3) is 6.08 Å². The van der Waals surface area contributed by atoms with Crippen molar-refractivity contribution >= 4 is 17.7 Å². The maximum atomic E-state index is 11.1. The molecule has 18 heavy (non-hydrogen) atoms. The number of carbonyl (C=O) groups is 1. The van der Waals surface area contributed by atoms with Crippen molar-refractivity contribution in [1.29, 1.82) is 0 Å². The average molecular weight is 248 g/mol. The van der Waals surface area contributed by atoms with E-state index in [1.54, 1.807) is 7.11 Å². The van der Waals surface area contributed by atoms with Gasteiger partial charge in [-0.2, -0.15) is 0 Å². The molecule has 98 valence electrons. The van der Waals surface area contributed by atoms with E-state index < -0.39 is 0 Å². The fourth-order valence-corrected chi connectivity index (χ4v) is 1.57. The van der Waals surface area contributed by atoms with Crippen LogP contribution in [0.1, 0.15) is 25.3 Å². The highest BCUT2D eigenvalue weighted by atomic mass is 16.5. The Balaban J connectivity index is 2.81. The maximum absolute atomic E-state index is 11.1. The molecule has 3 N–H and O–H groups in total. The molecule has 0 heterocycles. The van der Waals surface area contributed by atoms with Crippen LogP contribution < -0.4 is 15.8 Å². The van der Waals surface area contributed by atoms with E-state index in [4.69, 9.17) is 10.5 Å². The lowest BCUT2D eigenvalue weighted by Crippen LogP contribution is -2.07. The number of hydrogen-bond donors (Lipinski definition) is 2. The fourth-order valence-electron chi connectivity index (χ4n) is 1.57. The Bertz CT molecular complexity index is 428. The van der Waals surface area contributed by atoms with Gasteiger partial charge in [-0.05, 0) is 37.1 Å². The molecule has 0 unspecified atom stereocenters. The normalized spacial score (nSPS) is 10.6. The highest BCUT2D eigenvalue weighted by Crippen LogP contribution is 2.26. The van der Waals surface area contributed by atoms with Gasteiger partial charge >= 0.3 is 0 Å². The molecule has 0 fully saturated rings. The molecule has 0 bridgehead atoms. The van der Waals surface area contributed by atoms with Crippen LogP contribution in [0.3, 0.4) is 0 Å². The molecule has 1 aromatic rings. The van der Waals surface area contributed by atoms with Crippen molar-refractivity contribution in [1.82, 2.24) is 0 Å². The summed E-state index contributed by atoms with van der Waals surface area (Å²) >= 11 is 0. The van der Waals surface area contributed by atoms with Gasteiger partial charge < -0.3 is 15.8 Å². The van der Waals surface area contributed by atoms with E-state index in [0.29, 0.717) is 18.0 Å². The zero-order chi connectivity index (χ0) is 13.4. The number of benzene rings is 1. The van der Waals surface area contributed by atoms with Crippen molar-refractivity contribution in [3.05, 3.63) is 29.8 Å². The van der Waals surface area contributed by atoms with Crippen LogP contribution in [0.4, 0.5) is 5.69 Å². The minimum absolute atomic E-state index is 0.113. The van der Waals surface area contributed by atoms with Gasteiger partial charge in [0, 0.05) is 6.92 Å². The third kappa shape index (κ3) is 4.59. The van der Waals surface area contributed by atoms with Gasteiger partial charge in [-0.3, -0.25) is 4.79 Å². The molecule has 1 rings (SSSR count). The van der Waals surface area contributed by atoms with E-state index >= 15 is 0 Å². The van der Waals surface area contributed by atoms with Gasteiger partial charge in [-0.15, -0.1) is 0 Å². The van der Waals surface area contributed by atoms with Crippen LogP contribution in [0.5, 0.6) is 5.75 Å². The molecular formula is C14H20N2O2. The summed E-state index contributed by atoms with van der Waals surface area (Å²) in [6, 6.07) is 5.68. The number of nitrogens with one attached hydrogen (secondary N) is 1. The zero-order valence-corrected chi connectivity index (χ0v) is 10.9. The molecular weight excluding hydrogens is 228 g/mol. The first-order chi connectivity index (χ1) is 8.67. The van der Waals surface area contributed by atoms with E-state index in [-0.39, 0.29) is 5.91 Å². The number of carbonyl (C=O) groups excluding carboxylic acids is 1. The Labute approximate surface area is 108 Å². The lowest BCUT2D eigenvalue weighted by Gasteiger charge is -2.09. The third-order valence-corrected chi connectivity index (χ3v) is 2.42. The van der Waals surface area contributed by atoms with Crippen molar-refractivity contribution in [3.63, 3.8) is 0 Å². The lowest BCUT2D eigenvalue weighted by atomic mass is 10.1. The standard InChI is InChI=1S/C14H20N2O2/c1-11(17)16-13-10-12(6-4-3-5-9-15)7-8-14(13)18-2/h4,6-8,10H,3,5,9,15H2,1-2H3,(H,16,17)/b6-4+. The van der Waals surface area contributed by atoms with Crippen LogP contribution in [0.15, 0.2) is 24.3 Å². The fraction of sp³-hybridized carbons (Fsp3) is 0.357. The van der Waals surface area contributed by atoms with Gasteiger partial charge in [-0.25, -0.2) is 0 Å². The number of allylic oxidation sites excluding steroid dienone is 1. The van der Waals surface area contributed by atoms with Crippen LogP contribution in [0.2, 0.25) is 0 Å². The SMILES string of the molecule is COc1ccc(/C=C/CCCN)cc1NC(C)=O. The number of ether oxygens (including phenoxy) is 1. The minimum Gasteiger partial charge on any atom is -0.495 e. The summed E-state index contributed by atoms with van der Waals surface area (Å²) in [6.45, 7) is 2.17. The second-order valence-corrected chi connectivity index (χ2v) is 3.97. The predicted molar refractivity (Wildman–Crippen MR) is 74.6 cm³/mol. The second kappa shape index (κ2) is 7.50. The van der Waals surface area contributed by atoms with Gasteiger partial charge in [0.1, 0.15) is 5.75 Å². The highest BCUT2D eigenvalue weighted by molar-refractivity contribution is 5.90. The second-order valence-electron chi connectivity index (χ2n) is 3.97. The van der Waals surface area contributed by atoms with E-state index in [0.717, 1.165) is 18.4 Å². The molecule has 4 nitrogen and oxygen atoms in total. The van der Waals surface area contributed by atoms with Gasteiger partial charge in [0.2, 0.25) is 5.91 Å². The summed E-state index contributed by atoms with van der Waals surface area (Å²) in [5.41, 5.74) is 7.14. The summed E-state index contributed by atoms with van der Waals surface area (Å²) < 4.78 is 5.19. The maximum Gasteiger partial charge on any atom is 0.221 e. The van der Waals surface area contributed by atoms with Crippen LogP contribution >= 0.6 is 0 Å². The lowest BCUT2D eigenvalue weighted by molar-refractivity contribution is -0.114. The highest BCUT2D eigenvalue weighted by Gasteiger charge is 2.04. The van der Waals surface area contributed by atoms with Crippen LogP contribution in [-0.4, -0.2) is 19.6 Å². The summed E-state index contributed by atoms with van der Waals surface area (Å²) in [5.74, 6) is 0.543. The van der Waals surface area contributed by atoms with E-state index in [9.17, 15) is 4.79 Å². The number of methoxy groups -OCH3 is 1. The first-order valence-electron chi connectivity index (χ1n) is 5.99. The zero-order valence-electron chi connectivity index (χ0n) is 10.9. The minimum atomic E-state index is -0.113. The molecule has 0 aliphatic rings. The molecule has 1 amide bonds. The van der Waals surface area contributed by atoms with Crippen molar-refractivity contribution in [2.45, 2.75) is 19.8 Å². The van der Waals surface area contributed by atoms with E-state index in [1.807, 2.05) is 24.3 Å².